The summed E-state index contributed by atoms with van der Waals surface area (Å²) < 4.78 is 30.5. The molecule has 1 aromatic rings. The van der Waals surface area contributed by atoms with Crippen LogP contribution in [0.4, 0.5) is 0 Å². The fraction of sp³-hybridized carbons (Fsp3) is 0.417. The van der Waals surface area contributed by atoms with E-state index in [2.05, 4.69) is 20.7 Å². The molecule has 0 aliphatic rings. The van der Waals surface area contributed by atoms with Gasteiger partial charge < -0.3 is 4.74 Å². The van der Waals surface area contributed by atoms with E-state index in [-0.39, 0.29) is 18.7 Å². The zero-order chi connectivity index (χ0) is 14.5. The van der Waals surface area contributed by atoms with Crippen molar-refractivity contribution in [1.29, 1.82) is 0 Å². The first-order valence-electron chi connectivity index (χ1n) is 5.60. The van der Waals surface area contributed by atoms with Crippen molar-refractivity contribution in [2.75, 3.05) is 19.9 Å². The van der Waals surface area contributed by atoms with Crippen LogP contribution in [0.25, 0.3) is 0 Å². The summed E-state index contributed by atoms with van der Waals surface area (Å²) in [6.07, 6.45) is -0.137. The highest BCUT2D eigenvalue weighted by atomic mass is 79.9. The molecule has 0 atom stereocenters. The molecule has 0 aliphatic carbocycles. The molecule has 0 fully saturated rings. The third-order valence-electron chi connectivity index (χ3n) is 2.56. The Morgan fingerprint density at radius 2 is 2.11 bits per heavy atom. The average Bonchev–Trinajstić information content (AvgIpc) is 2.36. The number of ether oxygens (including phenoxy) is 1. The molecule has 0 amide bonds. The summed E-state index contributed by atoms with van der Waals surface area (Å²) in [5, 5.41) is 0. The predicted molar refractivity (Wildman–Crippen MR) is 76.0 cm³/mol. The van der Waals surface area contributed by atoms with Gasteiger partial charge in [-0.25, -0.2) is 12.7 Å². The van der Waals surface area contributed by atoms with Crippen molar-refractivity contribution in [1.82, 2.24) is 4.31 Å². The van der Waals surface area contributed by atoms with E-state index in [0.29, 0.717) is 0 Å². The van der Waals surface area contributed by atoms with E-state index in [1.165, 1.54) is 18.5 Å². The van der Waals surface area contributed by atoms with Gasteiger partial charge in [0, 0.05) is 18.1 Å². The minimum atomic E-state index is -3.46. The Kier molecular flexibility index (Phi) is 5.96. The fourth-order valence-corrected chi connectivity index (χ4v) is 2.99. The van der Waals surface area contributed by atoms with E-state index in [4.69, 9.17) is 0 Å². The number of nitrogens with zero attached hydrogens (tertiary/aromatic N) is 1. The molecule has 0 spiro atoms. The highest BCUT2D eigenvalue weighted by Crippen LogP contribution is 2.14. The van der Waals surface area contributed by atoms with Gasteiger partial charge in [-0.05, 0) is 17.7 Å². The molecule has 106 valence electrons. The normalized spacial score (nSPS) is 11.6. The highest BCUT2D eigenvalue weighted by Gasteiger charge is 2.19. The summed E-state index contributed by atoms with van der Waals surface area (Å²) in [5.74, 6) is -0.774. The van der Waals surface area contributed by atoms with Crippen LogP contribution in [0.3, 0.4) is 0 Å². The maximum Gasteiger partial charge on any atom is 0.306 e. The van der Waals surface area contributed by atoms with Crippen molar-refractivity contribution in [2.24, 2.45) is 0 Å². The first kappa shape index (κ1) is 16.1. The summed E-state index contributed by atoms with van der Waals surface area (Å²) in [6.45, 7) is 0.267. The van der Waals surface area contributed by atoms with Crippen LogP contribution in [0.5, 0.6) is 0 Å². The van der Waals surface area contributed by atoms with Crippen LogP contribution in [0.15, 0.2) is 28.7 Å². The van der Waals surface area contributed by atoms with Gasteiger partial charge in [0.2, 0.25) is 10.0 Å². The van der Waals surface area contributed by atoms with Gasteiger partial charge in [0.1, 0.15) is 0 Å². The lowest BCUT2D eigenvalue weighted by Crippen LogP contribution is -2.29. The van der Waals surface area contributed by atoms with Crippen LogP contribution in [-0.2, 0) is 26.1 Å². The number of benzene rings is 1. The molecular weight excluding hydrogens is 334 g/mol. The number of hydrogen-bond donors (Lipinski definition) is 0. The van der Waals surface area contributed by atoms with Crippen LogP contribution in [-0.4, -0.2) is 38.6 Å². The molecule has 19 heavy (non-hydrogen) atoms. The third-order valence-corrected chi connectivity index (χ3v) is 4.85. The van der Waals surface area contributed by atoms with Crippen molar-refractivity contribution in [3.63, 3.8) is 0 Å². The molecule has 0 saturated heterocycles. The minimum absolute atomic E-state index is 0.137. The summed E-state index contributed by atoms with van der Waals surface area (Å²) in [6, 6.07) is 7.41. The van der Waals surface area contributed by atoms with Crippen molar-refractivity contribution in [2.45, 2.75) is 13.0 Å². The van der Waals surface area contributed by atoms with Gasteiger partial charge in [0.15, 0.2) is 0 Å². The smallest absolute Gasteiger partial charge is 0.306 e. The lowest BCUT2D eigenvalue weighted by molar-refractivity contribution is -0.140. The Hall–Kier alpha value is -0.920. The van der Waals surface area contributed by atoms with E-state index in [1.54, 1.807) is 0 Å². The number of carbonyl (C=O) groups excluding carboxylic acids is 1. The quantitative estimate of drug-likeness (QED) is 0.734. The summed E-state index contributed by atoms with van der Waals surface area (Å²) in [4.78, 5) is 11.0. The summed E-state index contributed by atoms with van der Waals surface area (Å²) in [5.41, 5.74) is 0.874. The van der Waals surface area contributed by atoms with E-state index in [0.717, 1.165) is 10.0 Å². The zero-order valence-corrected chi connectivity index (χ0v) is 13.2. The predicted octanol–water partition coefficient (Wildman–Crippen LogP) is 1.77. The van der Waals surface area contributed by atoms with Crippen LogP contribution in [0, 0.1) is 0 Å². The molecule has 0 aliphatic heterocycles. The average molecular weight is 350 g/mol. The minimum Gasteiger partial charge on any atom is -0.469 e. The van der Waals surface area contributed by atoms with Gasteiger partial charge in [0.05, 0.1) is 19.3 Å². The Morgan fingerprint density at radius 1 is 1.42 bits per heavy atom. The van der Waals surface area contributed by atoms with Crippen LogP contribution in [0.1, 0.15) is 12.0 Å². The molecule has 1 rings (SSSR count). The topological polar surface area (TPSA) is 63.7 Å². The number of esters is 1. The van der Waals surface area contributed by atoms with Crippen molar-refractivity contribution >= 4 is 31.9 Å². The molecule has 7 heteroatoms. The number of carbonyl (C=O) groups is 1. The number of sulfonamides is 1. The maximum atomic E-state index is 11.9. The van der Waals surface area contributed by atoms with Crippen LogP contribution >= 0.6 is 15.9 Å². The lowest BCUT2D eigenvalue weighted by atomic mass is 10.2. The Morgan fingerprint density at radius 3 is 2.68 bits per heavy atom. The van der Waals surface area contributed by atoms with E-state index < -0.39 is 16.0 Å². The van der Waals surface area contributed by atoms with Gasteiger partial charge in [-0.1, -0.05) is 28.1 Å². The van der Waals surface area contributed by atoms with E-state index in [9.17, 15) is 13.2 Å². The van der Waals surface area contributed by atoms with Crippen molar-refractivity contribution < 1.29 is 17.9 Å². The molecule has 5 nitrogen and oxygen atoms in total. The van der Waals surface area contributed by atoms with Gasteiger partial charge in [-0.15, -0.1) is 0 Å². The van der Waals surface area contributed by atoms with Crippen molar-refractivity contribution in [3.05, 3.63) is 34.3 Å². The van der Waals surface area contributed by atoms with Gasteiger partial charge >= 0.3 is 5.97 Å². The van der Waals surface area contributed by atoms with Gasteiger partial charge in [-0.3, -0.25) is 4.79 Å². The van der Waals surface area contributed by atoms with Gasteiger partial charge in [-0.2, -0.15) is 0 Å². The molecule has 0 N–H and O–H groups in total. The van der Waals surface area contributed by atoms with Gasteiger partial charge in [0.25, 0.3) is 0 Å². The SMILES string of the molecule is COC(=O)CCS(=O)(=O)N(C)Cc1cccc(Br)c1. The molecule has 0 aromatic heterocycles. The second-order valence-electron chi connectivity index (χ2n) is 4.03. The molecule has 0 saturated carbocycles. The van der Waals surface area contributed by atoms with E-state index >= 15 is 0 Å². The Balaban J connectivity index is 2.66. The first-order valence-corrected chi connectivity index (χ1v) is 8.00. The highest BCUT2D eigenvalue weighted by molar-refractivity contribution is 9.10. The second-order valence-corrected chi connectivity index (χ2v) is 7.14. The largest absolute Gasteiger partial charge is 0.469 e. The number of hydrogen-bond acceptors (Lipinski definition) is 4. The maximum absolute atomic E-state index is 11.9. The summed E-state index contributed by atoms with van der Waals surface area (Å²) in [7, 11) is -0.729. The second kappa shape index (κ2) is 7.02. The molecule has 0 heterocycles. The standard InChI is InChI=1S/C12H16BrNO4S/c1-14(9-10-4-3-5-11(13)8-10)19(16,17)7-6-12(15)18-2/h3-5,8H,6-7,9H2,1-2H3. The molecule has 0 unspecified atom stereocenters. The van der Waals surface area contributed by atoms with Crippen molar-refractivity contribution in [3.8, 4) is 0 Å². The monoisotopic (exact) mass is 349 g/mol. The molecule has 1 aromatic carbocycles. The molecule has 0 bridgehead atoms. The Bertz CT molecular complexity index is 544. The lowest BCUT2D eigenvalue weighted by Gasteiger charge is -2.17. The first-order chi connectivity index (χ1) is 8.85. The number of rotatable bonds is 6. The van der Waals surface area contributed by atoms with Crippen LogP contribution < -0.4 is 0 Å². The Labute approximate surface area is 121 Å². The zero-order valence-electron chi connectivity index (χ0n) is 10.8. The fourth-order valence-electron chi connectivity index (χ4n) is 1.46. The summed E-state index contributed by atoms with van der Waals surface area (Å²) >= 11 is 3.33. The molecule has 0 radical (unpaired) electrons. The van der Waals surface area contributed by atoms with E-state index in [1.807, 2.05) is 24.3 Å². The van der Waals surface area contributed by atoms with Crippen LogP contribution in [0.2, 0.25) is 0 Å². The third kappa shape index (κ3) is 5.30. The number of halogens is 1. The number of methoxy groups -OCH3 is 1. The molecular formula is C12H16BrNO4S.